The summed E-state index contributed by atoms with van der Waals surface area (Å²) in [6, 6.07) is 0. The van der Waals surface area contributed by atoms with Gasteiger partial charge in [-0.15, -0.1) is 0 Å². The van der Waals surface area contributed by atoms with Gasteiger partial charge < -0.3 is 78.7 Å². The Bertz CT molecular complexity index is 2400. The SMILES string of the molecule is CC(C)(C)C.CC(C)(C)C.CC(C)(C)C.CC(C)(C)C.CC(C)(C)C.CC(C)(C)C.CC(C)(C)C.CC(C)(C)C.OC12CC3CC(OC4(O)CC5CC(OC6(O)CC7CC(OC8(O)CC9CC(OC%10(O)CC%11CC(OC%12(O)CC%13CC(OC%14(O)CC%15CC(OC%16(O)CC%17CC(O1)C%16C%17)C%14C%15)C%12C%13)C%10C%11)C8C9)C6C7)C4C5)C2C3. The molecule has 32 atom stereocenters. The molecule has 0 spiro atoms. The van der Waals surface area contributed by atoms with Gasteiger partial charge in [0.25, 0.3) is 0 Å². The van der Waals surface area contributed by atoms with Crippen LogP contribution >= 0.6 is 0 Å². The van der Waals surface area contributed by atoms with Crippen LogP contribution in [0.2, 0.25) is 0 Å². The summed E-state index contributed by atoms with van der Waals surface area (Å²) in [6.45, 7) is 70.0. The predicted molar refractivity (Wildman–Crippen MR) is 446 cm³/mol. The third-order valence-corrected chi connectivity index (χ3v) is 24.9. The van der Waals surface area contributed by atoms with Gasteiger partial charge in [0.05, 0.1) is 48.8 Å². The third kappa shape index (κ3) is 25.7. The molecule has 656 valence electrons. The van der Waals surface area contributed by atoms with E-state index < -0.39 is 95.1 Å². The maximum Gasteiger partial charge on any atom is 0.171 e. The highest BCUT2D eigenvalue weighted by Crippen LogP contribution is 2.67. The fourth-order valence-electron chi connectivity index (χ4n) is 22.7. The molecule has 0 aromatic carbocycles. The van der Waals surface area contributed by atoms with Crippen LogP contribution in [0.5, 0.6) is 0 Å². The number of rotatable bonds is 0. The molecule has 0 aromatic heterocycles. The van der Waals surface area contributed by atoms with Crippen molar-refractivity contribution in [2.45, 2.75) is 471 Å². The van der Waals surface area contributed by atoms with Crippen LogP contribution in [0.1, 0.15) is 376 Å². The number of aliphatic hydroxyl groups is 8. The van der Waals surface area contributed by atoms with E-state index in [9.17, 15) is 40.9 Å². The topological polar surface area (TPSA) is 236 Å². The van der Waals surface area contributed by atoms with Gasteiger partial charge in [0, 0.05) is 98.7 Å². The number of ether oxygens (including phenoxy) is 8. The van der Waals surface area contributed by atoms with E-state index in [0.717, 1.165) is 103 Å². The standard InChI is InChI=1S/C56H80O16.8C5H12/c57-49-17-25-1-33(49)41(9-25)65-50(58)18-27-3-35(50)43(11-27)67-52(60)20-29-5-37(52)45(13-29)69-54(62)22-31-7-39(54)47(15-31)71-56(64)24-32-8-40(56)48(16-32)72-55(63)23-30-6-38(55)46(14-30)70-53(61)21-28-4-36(53)44(12-28)68-51(59)19-26-2-34(51)42(10-26)66-49;8*1-5(2,3)4/h25-48,57-64H,1-24H2;8*1-4H3. The number of hydrogen-bond acceptors (Lipinski definition) is 16. The van der Waals surface area contributed by atoms with Crippen molar-refractivity contribution in [1.29, 1.82) is 0 Å². The summed E-state index contributed by atoms with van der Waals surface area (Å²) in [4.78, 5) is 0. The Labute approximate surface area is 684 Å². The van der Waals surface area contributed by atoms with Gasteiger partial charge in [-0.3, -0.25) is 0 Å². The molecule has 17 aliphatic rings. The maximum absolute atomic E-state index is 12.5. The molecular weight excluding hydrogens is 1410 g/mol. The molecule has 17 fully saturated rings. The molecule has 16 saturated carbocycles. The fourth-order valence-corrected chi connectivity index (χ4v) is 22.7. The van der Waals surface area contributed by atoms with Crippen molar-refractivity contribution in [2.75, 3.05) is 0 Å². The molecule has 0 aromatic rings. The van der Waals surface area contributed by atoms with Gasteiger partial charge in [-0.1, -0.05) is 222 Å². The number of hydrogen-bond donors (Lipinski definition) is 8. The van der Waals surface area contributed by atoms with Crippen LogP contribution in [0, 0.1) is 138 Å². The van der Waals surface area contributed by atoms with Crippen molar-refractivity contribution < 1.29 is 78.7 Å². The van der Waals surface area contributed by atoms with Crippen LogP contribution in [0.3, 0.4) is 0 Å². The van der Waals surface area contributed by atoms with Gasteiger partial charge in [0.1, 0.15) is 0 Å². The van der Waals surface area contributed by atoms with Gasteiger partial charge in [-0.05, 0) is 193 Å². The minimum Gasteiger partial charge on any atom is -0.365 e. The van der Waals surface area contributed by atoms with Gasteiger partial charge in [0.15, 0.2) is 46.3 Å². The second-order valence-corrected chi connectivity index (χ2v) is 53.2. The Hall–Kier alpha value is -0.640. The maximum atomic E-state index is 12.5. The summed E-state index contributed by atoms with van der Waals surface area (Å²) in [6.07, 6.45) is 12.1. The van der Waals surface area contributed by atoms with Crippen molar-refractivity contribution >= 4 is 0 Å². The second-order valence-electron chi connectivity index (χ2n) is 53.2. The van der Waals surface area contributed by atoms with Crippen molar-refractivity contribution in [3.8, 4) is 0 Å². The van der Waals surface area contributed by atoms with E-state index in [4.69, 9.17) is 37.9 Å². The molecule has 1 saturated heterocycles. The highest BCUT2D eigenvalue weighted by atomic mass is 16.7. The molecule has 8 N–H and O–H groups in total. The fraction of sp³-hybridized carbons (Fsp3) is 1.00. The first-order chi connectivity index (χ1) is 50.2. The van der Waals surface area contributed by atoms with E-state index in [2.05, 4.69) is 222 Å². The summed E-state index contributed by atoms with van der Waals surface area (Å²) in [5.41, 5.74) is 4.00. The Morgan fingerprint density at radius 2 is 0.223 bits per heavy atom. The summed E-state index contributed by atoms with van der Waals surface area (Å²) in [5.74, 6) is -13.2. The minimum absolute atomic E-state index is 0.175. The van der Waals surface area contributed by atoms with Crippen LogP contribution in [-0.4, -0.2) is 136 Å². The molecule has 17 rings (SSSR count). The monoisotopic (exact) mass is 1590 g/mol. The highest BCUT2D eigenvalue weighted by molar-refractivity contribution is 5.14. The van der Waals surface area contributed by atoms with Gasteiger partial charge in [-0.25, -0.2) is 0 Å². The molecule has 112 heavy (non-hydrogen) atoms. The molecule has 16 bridgehead atoms. The zero-order valence-corrected chi connectivity index (χ0v) is 77.7. The summed E-state index contributed by atoms with van der Waals surface area (Å²) >= 11 is 0. The zero-order chi connectivity index (χ0) is 84.5. The first-order valence-electron chi connectivity index (χ1n) is 45.4. The molecule has 16 aliphatic carbocycles. The minimum atomic E-state index is -1.47. The summed E-state index contributed by atoms with van der Waals surface area (Å²) < 4.78 is 54.9. The van der Waals surface area contributed by atoms with Gasteiger partial charge in [-0.2, -0.15) is 0 Å². The lowest BCUT2D eigenvalue weighted by molar-refractivity contribution is -0.359. The van der Waals surface area contributed by atoms with E-state index in [1.54, 1.807) is 0 Å². The predicted octanol–water partition coefficient (Wildman–Crippen LogP) is 20.4. The summed E-state index contributed by atoms with van der Waals surface area (Å²) in [5, 5.41) is 100. The normalized spacial score (nSPS) is 48.2. The van der Waals surface area contributed by atoms with Crippen LogP contribution < -0.4 is 0 Å². The first kappa shape index (κ1) is 95.2. The average Bonchev–Trinajstić information content (AvgIpc) is 1.56. The van der Waals surface area contributed by atoms with Crippen molar-refractivity contribution in [1.82, 2.24) is 0 Å². The van der Waals surface area contributed by atoms with Crippen LogP contribution in [-0.2, 0) is 37.9 Å². The van der Waals surface area contributed by atoms with Crippen molar-refractivity contribution in [3.63, 3.8) is 0 Å². The average molecular weight is 1590 g/mol. The first-order valence-corrected chi connectivity index (χ1v) is 45.4. The van der Waals surface area contributed by atoms with Crippen LogP contribution in [0.25, 0.3) is 0 Å². The lowest BCUT2D eigenvalue weighted by atomic mass is 9.85. The Kier molecular flexibility index (Phi) is 28.2. The molecule has 16 heteroatoms. The Morgan fingerprint density at radius 1 is 0.152 bits per heavy atom. The molecule has 0 amide bonds. The lowest BCUT2D eigenvalue weighted by Gasteiger charge is -2.49. The van der Waals surface area contributed by atoms with E-state index in [-0.39, 0.29) is 94.7 Å². The smallest absolute Gasteiger partial charge is 0.171 e. The van der Waals surface area contributed by atoms with E-state index >= 15 is 0 Å². The molecule has 32 unspecified atom stereocenters. The van der Waals surface area contributed by atoms with Crippen LogP contribution in [0.15, 0.2) is 0 Å². The molecule has 1 heterocycles. The Balaban J connectivity index is 0.000000300. The van der Waals surface area contributed by atoms with E-state index in [0.29, 0.717) is 94.7 Å². The van der Waals surface area contributed by atoms with E-state index in [1.807, 2.05) is 0 Å². The third-order valence-electron chi connectivity index (χ3n) is 24.9. The molecule has 0 radical (unpaired) electrons. The van der Waals surface area contributed by atoms with Crippen molar-refractivity contribution in [3.05, 3.63) is 0 Å². The zero-order valence-electron chi connectivity index (χ0n) is 77.7. The van der Waals surface area contributed by atoms with Crippen molar-refractivity contribution in [2.24, 2.45) is 138 Å². The van der Waals surface area contributed by atoms with E-state index in [1.165, 1.54) is 0 Å². The quantitative estimate of drug-likeness (QED) is 0.113. The molecule has 16 nitrogen and oxygen atoms in total. The Morgan fingerprint density at radius 3 is 0.286 bits per heavy atom. The van der Waals surface area contributed by atoms with Gasteiger partial charge in [0.2, 0.25) is 0 Å². The molecule has 1 aliphatic heterocycles. The lowest BCUT2D eigenvalue weighted by Crippen LogP contribution is -2.58. The number of fused-ring (bicyclic) bond motifs is 8. The summed E-state index contributed by atoms with van der Waals surface area (Å²) in [7, 11) is 0. The van der Waals surface area contributed by atoms with Crippen LogP contribution in [0.4, 0.5) is 0 Å². The highest BCUT2D eigenvalue weighted by Gasteiger charge is 2.71. The largest absolute Gasteiger partial charge is 0.365 e. The second kappa shape index (κ2) is 33.2. The van der Waals surface area contributed by atoms with Gasteiger partial charge >= 0.3 is 0 Å². The molecular formula is C96H176O16.